The standard InChI is InChI=1S/C21H18F3N7O6S/c22-21(23,24)19(37)29-6-5-11-12(15(18(35)36)31-14(11)16(29)17(31)34)8-38-20-26-27-28-30(20)7-13(33)25-9-1-3-10(32)4-2-9/h1-4,11,14,16,32H,5-8H2,(H,25,33)(H,35,36)/t11?,14-,16+/m1/s1. The zero-order valence-corrected chi connectivity index (χ0v) is 19.9. The number of likely N-dealkylation sites (tertiary alicyclic amines) is 1. The van der Waals surface area contributed by atoms with E-state index in [2.05, 4.69) is 20.8 Å². The van der Waals surface area contributed by atoms with Gasteiger partial charge in [-0.3, -0.25) is 19.3 Å². The van der Waals surface area contributed by atoms with Crippen LogP contribution in [0.2, 0.25) is 0 Å². The number of hydrogen-bond acceptors (Lipinski definition) is 9. The summed E-state index contributed by atoms with van der Waals surface area (Å²) in [7, 11) is 0. The smallest absolute Gasteiger partial charge is 0.471 e. The average molecular weight is 553 g/mol. The molecule has 0 bridgehead atoms. The molecule has 0 aliphatic carbocycles. The van der Waals surface area contributed by atoms with Gasteiger partial charge in [-0.1, -0.05) is 11.8 Å². The number of alkyl halides is 3. The van der Waals surface area contributed by atoms with Gasteiger partial charge in [0.05, 0.1) is 6.04 Å². The van der Waals surface area contributed by atoms with E-state index in [0.717, 1.165) is 16.7 Å². The van der Waals surface area contributed by atoms with Crippen molar-refractivity contribution in [1.29, 1.82) is 0 Å². The Balaban J connectivity index is 1.30. The van der Waals surface area contributed by atoms with E-state index in [0.29, 0.717) is 16.2 Å². The van der Waals surface area contributed by atoms with Gasteiger partial charge in [0.2, 0.25) is 11.1 Å². The summed E-state index contributed by atoms with van der Waals surface area (Å²) in [4.78, 5) is 50.4. The van der Waals surface area contributed by atoms with Crippen molar-refractivity contribution >= 4 is 41.1 Å². The number of nitrogens with zero attached hydrogens (tertiary/aromatic N) is 6. The van der Waals surface area contributed by atoms with Gasteiger partial charge in [0.1, 0.15) is 24.0 Å². The number of anilines is 1. The number of rotatable bonds is 7. The summed E-state index contributed by atoms with van der Waals surface area (Å²) in [5.41, 5.74) is 0.432. The number of nitrogens with one attached hydrogen (secondary N) is 1. The topological polar surface area (TPSA) is 171 Å². The number of phenolic OH excluding ortho intramolecular Hbond substituents is 1. The fourth-order valence-corrected chi connectivity index (χ4v) is 5.98. The number of thioether (sulfide) groups is 1. The number of carboxylic acid groups (broad SMARTS) is 1. The zero-order valence-electron chi connectivity index (χ0n) is 19.1. The van der Waals surface area contributed by atoms with Gasteiger partial charge in [-0.05, 0) is 46.7 Å². The number of β-lactam (4-membered cyclic amide) rings is 1. The molecular weight excluding hydrogens is 535 g/mol. The first-order chi connectivity index (χ1) is 18.0. The van der Waals surface area contributed by atoms with Gasteiger partial charge < -0.3 is 20.4 Å². The maximum Gasteiger partial charge on any atom is 0.471 e. The highest BCUT2D eigenvalue weighted by atomic mass is 32.2. The lowest BCUT2D eigenvalue weighted by atomic mass is 9.78. The second-order valence-corrected chi connectivity index (χ2v) is 9.66. The lowest BCUT2D eigenvalue weighted by Gasteiger charge is -2.53. The van der Waals surface area contributed by atoms with Crippen LogP contribution in [0.3, 0.4) is 0 Å². The highest BCUT2D eigenvalue weighted by Gasteiger charge is 2.65. The monoisotopic (exact) mass is 553 g/mol. The molecule has 3 atom stereocenters. The number of aliphatic carboxylic acids is 1. The maximum absolute atomic E-state index is 13.0. The molecule has 17 heteroatoms. The normalized spacial score (nSPS) is 22.3. The fourth-order valence-electron chi connectivity index (χ4n) is 5.00. The van der Waals surface area contributed by atoms with Crippen LogP contribution in [0.25, 0.3) is 0 Å². The third-order valence-corrected chi connectivity index (χ3v) is 7.55. The van der Waals surface area contributed by atoms with Gasteiger partial charge >= 0.3 is 18.1 Å². The molecule has 1 aromatic carbocycles. The highest BCUT2D eigenvalue weighted by Crippen LogP contribution is 2.50. The highest BCUT2D eigenvalue weighted by molar-refractivity contribution is 7.99. The predicted octanol–water partition coefficient (Wildman–Crippen LogP) is 0.452. The minimum atomic E-state index is -5.15. The zero-order chi connectivity index (χ0) is 27.4. The van der Waals surface area contributed by atoms with E-state index in [9.17, 15) is 42.6 Å². The summed E-state index contributed by atoms with van der Waals surface area (Å²) in [6, 6.07) is 3.50. The van der Waals surface area contributed by atoms with Gasteiger partial charge in [0.15, 0.2) is 0 Å². The van der Waals surface area contributed by atoms with Crippen molar-refractivity contribution in [3.8, 4) is 5.75 Å². The molecule has 3 N–H and O–H groups in total. The number of piperidine rings is 1. The van der Waals surface area contributed by atoms with Crippen LogP contribution < -0.4 is 5.32 Å². The number of halogens is 3. The first kappa shape index (κ1) is 25.5. The summed E-state index contributed by atoms with van der Waals surface area (Å²) in [5.74, 6) is -5.43. The van der Waals surface area contributed by atoms with Crippen molar-refractivity contribution in [2.24, 2.45) is 5.92 Å². The molecule has 3 aliphatic heterocycles. The van der Waals surface area contributed by atoms with Crippen molar-refractivity contribution in [3.05, 3.63) is 35.5 Å². The Morgan fingerprint density at radius 3 is 2.55 bits per heavy atom. The Hall–Kier alpha value is -4.15. The number of tetrazole rings is 1. The van der Waals surface area contributed by atoms with E-state index in [-0.39, 0.29) is 41.9 Å². The van der Waals surface area contributed by atoms with Crippen molar-refractivity contribution in [2.75, 3.05) is 17.6 Å². The molecule has 3 amide bonds. The summed E-state index contributed by atoms with van der Waals surface area (Å²) in [6.07, 6.45) is -5.11. The van der Waals surface area contributed by atoms with E-state index < -0.39 is 47.9 Å². The van der Waals surface area contributed by atoms with Gasteiger partial charge in [0.25, 0.3) is 5.91 Å². The predicted molar refractivity (Wildman–Crippen MR) is 120 cm³/mol. The second-order valence-electron chi connectivity index (χ2n) is 8.72. The Bertz CT molecular complexity index is 1360. The molecule has 1 unspecified atom stereocenters. The van der Waals surface area contributed by atoms with Gasteiger partial charge in [-0.15, -0.1) is 5.10 Å². The molecule has 200 valence electrons. The lowest BCUT2D eigenvalue weighted by molar-refractivity contribution is -0.198. The molecular formula is C21H18F3N7O6S. The summed E-state index contributed by atoms with van der Waals surface area (Å²) >= 11 is 1.01. The van der Waals surface area contributed by atoms with Crippen LogP contribution in [0.4, 0.5) is 18.9 Å². The minimum absolute atomic E-state index is 0.00747. The van der Waals surface area contributed by atoms with Crippen LogP contribution in [0.5, 0.6) is 5.75 Å². The largest absolute Gasteiger partial charge is 0.508 e. The van der Waals surface area contributed by atoms with E-state index in [4.69, 9.17) is 0 Å². The summed E-state index contributed by atoms with van der Waals surface area (Å²) < 4.78 is 40.3. The number of carbonyl (C=O) groups excluding carboxylic acids is 3. The second kappa shape index (κ2) is 9.30. The van der Waals surface area contributed by atoms with E-state index in [1.54, 1.807) is 0 Å². The van der Waals surface area contributed by atoms with Crippen LogP contribution in [0.15, 0.2) is 40.7 Å². The number of carbonyl (C=O) groups is 4. The number of aromatic hydroxyl groups is 1. The van der Waals surface area contributed by atoms with Crippen molar-refractivity contribution in [3.63, 3.8) is 0 Å². The van der Waals surface area contributed by atoms with E-state index >= 15 is 0 Å². The molecule has 38 heavy (non-hydrogen) atoms. The molecule has 5 rings (SSSR count). The first-order valence-corrected chi connectivity index (χ1v) is 12.1. The van der Waals surface area contributed by atoms with Gasteiger partial charge in [0, 0.05) is 23.9 Å². The molecule has 4 heterocycles. The molecule has 2 aromatic rings. The van der Waals surface area contributed by atoms with Crippen LogP contribution >= 0.6 is 11.8 Å². The molecule has 1 aromatic heterocycles. The molecule has 2 fully saturated rings. The number of benzene rings is 1. The molecule has 3 aliphatic rings. The number of amides is 3. The number of aromatic nitrogens is 4. The van der Waals surface area contributed by atoms with Crippen LogP contribution in [0, 0.1) is 5.92 Å². The third-order valence-electron chi connectivity index (χ3n) is 6.54. The van der Waals surface area contributed by atoms with Gasteiger partial charge in [-0.25, -0.2) is 9.48 Å². The Kier molecular flexibility index (Phi) is 6.24. The van der Waals surface area contributed by atoms with E-state index in [1.807, 2.05) is 0 Å². The lowest BCUT2D eigenvalue weighted by Crippen LogP contribution is -2.74. The molecule has 13 nitrogen and oxygen atoms in total. The number of hydrogen-bond donors (Lipinski definition) is 3. The molecule has 0 radical (unpaired) electrons. The quantitative estimate of drug-likeness (QED) is 0.248. The van der Waals surface area contributed by atoms with Crippen LogP contribution in [0.1, 0.15) is 6.42 Å². The average Bonchev–Trinajstić information content (AvgIpc) is 3.42. The van der Waals surface area contributed by atoms with Crippen LogP contribution in [-0.4, -0.2) is 94.5 Å². The van der Waals surface area contributed by atoms with Crippen molar-refractivity contribution < 1.29 is 42.6 Å². The SMILES string of the molecule is O=C(Cn1nnnc1SCC1=C(C(=O)O)N2C(=O)[C@@H]3[C@H]2C1CCN3C(=O)C(F)(F)F)Nc1ccc(O)cc1. The molecule has 2 saturated heterocycles. The number of carboxylic acids is 1. The Morgan fingerprint density at radius 2 is 1.89 bits per heavy atom. The Labute approximate surface area is 215 Å². The van der Waals surface area contributed by atoms with E-state index in [1.165, 1.54) is 28.9 Å². The molecule has 0 saturated carbocycles. The fraction of sp³-hybridized carbons (Fsp3) is 0.381. The minimum Gasteiger partial charge on any atom is -0.508 e. The third kappa shape index (κ3) is 4.31. The maximum atomic E-state index is 13.0. The van der Waals surface area contributed by atoms with Gasteiger partial charge in [-0.2, -0.15) is 13.2 Å². The first-order valence-electron chi connectivity index (χ1n) is 11.1. The summed E-state index contributed by atoms with van der Waals surface area (Å²) in [6.45, 7) is -0.631. The van der Waals surface area contributed by atoms with Crippen molar-refractivity contribution in [1.82, 2.24) is 30.0 Å². The Morgan fingerprint density at radius 1 is 1.18 bits per heavy atom. The van der Waals surface area contributed by atoms with Crippen LogP contribution in [-0.2, 0) is 25.7 Å². The number of phenols is 1. The van der Waals surface area contributed by atoms with Crippen molar-refractivity contribution in [2.45, 2.75) is 36.4 Å². The summed E-state index contributed by atoms with van der Waals surface area (Å²) in [5, 5.41) is 33.1. The molecule has 0 spiro atoms.